The van der Waals surface area contributed by atoms with Crippen LogP contribution < -0.4 is 0 Å². The van der Waals surface area contributed by atoms with Gasteiger partial charge in [0.25, 0.3) is 0 Å². The van der Waals surface area contributed by atoms with Gasteiger partial charge < -0.3 is 9.88 Å². The third kappa shape index (κ3) is 3.96. The van der Waals surface area contributed by atoms with Gasteiger partial charge >= 0.3 is 0 Å². The average Bonchev–Trinajstić information content (AvgIpc) is 3.59. The molecule has 1 N–H and O–H groups in total. The maximum absolute atomic E-state index is 3.93. The van der Waals surface area contributed by atoms with E-state index in [1.807, 2.05) is 4.57 Å². The molecule has 1 unspecified atom stereocenters. The molecule has 2 aliphatic rings. The van der Waals surface area contributed by atoms with Crippen molar-refractivity contribution >= 4 is 10.9 Å². The molecule has 4 aromatic rings. The Bertz CT molecular complexity index is 1150. The summed E-state index contributed by atoms with van der Waals surface area (Å²) >= 11 is 0. The van der Waals surface area contributed by atoms with Gasteiger partial charge in [0.05, 0.1) is 0 Å². The molecule has 6 heteroatoms. The molecule has 4 heterocycles. The van der Waals surface area contributed by atoms with Crippen molar-refractivity contribution in [2.75, 3.05) is 32.7 Å². The molecular weight excluding hydrogens is 396 g/mol. The Kier molecular flexibility index (Phi) is 5.25. The molecule has 0 radical (unpaired) electrons. The number of fused-ring (bicyclic) bond motifs is 2. The van der Waals surface area contributed by atoms with Gasteiger partial charge in [-0.15, -0.1) is 10.2 Å². The van der Waals surface area contributed by atoms with Crippen molar-refractivity contribution in [1.82, 2.24) is 29.5 Å². The zero-order valence-corrected chi connectivity index (χ0v) is 18.4. The lowest BCUT2D eigenvalue weighted by atomic mass is 10.0. The fraction of sp³-hybridized carbons (Fsp3) is 0.385. The van der Waals surface area contributed by atoms with Crippen LogP contribution >= 0.6 is 0 Å². The number of hydrogen-bond donors (Lipinski definition) is 1. The van der Waals surface area contributed by atoms with Gasteiger partial charge in [-0.2, -0.15) is 0 Å². The average molecular weight is 427 g/mol. The summed E-state index contributed by atoms with van der Waals surface area (Å²) in [6, 6.07) is 17.4. The SMILES string of the molecule is c1ccc(CN2CC3CN(CCCc4c[nH]c5ccc(-n6cnnc6)cc45)C[C@H]3C2)cc1. The first kappa shape index (κ1) is 19.7. The predicted molar refractivity (Wildman–Crippen MR) is 127 cm³/mol. The molecule has 2 aromatic heterocycles. The lowest BCUT2D eigenvalue weighted by Crippen LogP contribution is -2.29. The summed E-state index contributed by atoms with van der Waals surface area (Å²) in [4.78, 5) is 8.79. The summed E-state index contributed by atoms with van der Waals surface area (Å²) in [6.45, 7) is 7.34. The van der Waals surface area contributed by atoms with E-state index < -0.39 is 0 Å². The first-order valence-electron chi connectivity index (χ1n) is 11.8. The molecule has 0 amide bonds. The standard InChI is InChI=1S/C26H30N6/c1-2-5-20(6-3-1)13-31-16-22-14-30(15-23(22)17-31)10-4-7-21-12-27-26-9-8-24(11-25(21)26)32-18-28-29-19-32/h1-3,5-6,8-9,11-12,18-19,22-23,27H,4,7,10,13-17H2/t22-,23?/m0/s1. The number of rotatable bonds is 7. The lowest BCUT2D eigenvalue weighted by molar-refractivity contribution is 0.249. The van der Waals surface area contributed by atoms with Crippen LogP contribution in [0.15, 0.2) is 67.4 Å². The minimum Gasteiger partial charge on any atom is -0.361 e. The number of aryl methyl sites for hydroxylation is 1. The van der Waals surface area contributed by atoms with E-state index in [-0.39, 0.29) is 0 Å². The van der Waals surface area contributed by atoms with Crippen LogP contribution in [0.4, 0.5) is 0 Å². The fourth-order valence-electron chi connectivity index (χ4n) is 5.70. The van der Waals surface area contributed by atoms with Crippen molar-refractivity contribution in [3.05, 3.63) is 78.5 Å². The van der Waals surface area contributed by atoms with Gasteiger partial charge in [0.1, 0.15) is 12.7 Å². The molecule has 2 aromatic carbocycles. The Morgan fingerprint density at radius 1 is 0.875 bits per heavy atom. The normalized spacial score (nSPS) is 21.5. The number of hydrogen-bond acceptors (Lipinski definition) is 4. The quantitative estimate of drug-likeness (QED) is 0.489. The molecule has 2 saturated heterocycles. The van der Waals surface area contributed by atoms with Crippen molar-refractivity contribution in [2.45, 2.75) is 19.4 Å². The molecule has 32 heavy (non-hydrogen) atoms. The fourth-order valence-corrected chi connectivity index (χ4v) is 5.70. The minimum atomic E-state index is 0.846. The van der Waals surface area contributed by atoms with Crippen molar-refractivity contribution in [3.63, 3.8) is 0 Å². The molecule has 2 fully saturated rings. The van der Waals surface area contributed by atoms with E-state index in [1.165, 1.54) is 61.2 Å². The topological polar surface area (TPSA) is 53.0 Å². The van der Waals surface area contributed by atoms with E-state index in [2.05, 4.69) is 79.7 Å². The Labute approximate surface area is 188 Å². The van der Waals surface area contributed by atoms with Crippen LogP contribution in [0.3, 0.4) is 0 Å². The van der Waals surface area contributed by atoms with Crippen molar-refractivity contribution in [1.29, 1.82) is 0 Å². The van der Waals surface area contributed by atoms with Crippen LogP contribution in [0.5, 0.6) is 0 Å². The van der Waals surface area contributed by atoms with Gasteiger partial charge in [0, 0.05) is 55.5 Å². The van der Waals surface area contributed by atoms with E-state index in [0.29, 0.717) is 0 Å². The number of nitrogens with one attached hydrogen (secondary N) is 1. The van der Waals surface area contributed by atoms with Gasteiger partial charge in [-0.05, 0) is 60.5 Å². The van der Waals surface area contributed by atoms with E-state index >= 15 is 0 Å². The maximum Gasteiger partial charge on any atom is 0.123 e. The van der Waals surface area contributed by atoms with Crippen LogP contribution in [0.25, 0.3) is 16.6 Å². The highest BCUT2D eigenvalue weighted by Crippen LogP contribution is 2.32. The van der Waals surface area contributed by atoms with Gasteiger partial charge in [-0.25, -0.2) is 0 Å². The minimum absolute atomic E-state index is 0.846. The van der Waals surface area contributed by atoms with Crippen LogP contribution in [0, 0.1) is 11.8 Å². The number of aromatic amines is 1. The molecule has 2 aliphatic heterocycles. The summed E-state index contributed by atoms with van der Waals surface area (Å²) in [7, 11) is 0. The Morgan fingerprint density at radius 2 is 1.62 bits per heavy atom. The number of H-pyrrole nitrogens is 1. The van der Waals surface area contributed by atoms with Crippen LogP contribution in [0.1, 0.15) is 17.5 Å². The maximum atomic E-state index is 3.93. The summed E-state index contributed by atoms with van der Waals surface area (Å²) in [5, 5.41) is 9.17. The Balaban J connectivity index is 1.02. The molecule has 0 saturated carbocycles. The molecule has 0 aliphatic carbocycles. The number of benzene rings is 2. The van der Waals surface area contributed by atoms with E-state index in [4.69, 9.17) is 0 Å². The molecule has 164 valence electrons. The smallest absolute Gasteiger partial charge is 0.123 e. The highest BCUT2D eigenvalue weighted by atomic mass is 15.2. The third-order valence-corrected chi connectivity index (χ3v) is 7.27. The second-order valence-electron chi connectivity index (χ2n) is 9.48. The molecule has 0 bridgehead atoms. The highest BCUT2D eigenvalue weighted by molar-refractivity contribution is 5.85. The summed E-state index contributed by atoms with van der Waals surface area (Å²) in [5.74, 6) is 1.69. The van der Waals surface area contributed by atoms with Crippen molar-refractivity contribution < 1.29 is 0 Å². The third-order valence-electron chi connectivity index (χ3n) is 7.27. The number of nitrogens with zero attached hydrogens (tertiary/aromatic N) is 5. The van der Waals surface area contributed by atoms with Gasteiger partial charge in [-0.3, -0.25) is 9.47 Å². The lowest BCUT2D eigenvalue weighted by Gasteiger charge is -2.21. The Hall–Kier alpha value is -2.96. The number of aromatic nitrogens is 4. The molecule has 6 rings (SSSR count). The molecule has 2 atom stereocenters. The van der Waals surface area contributed by atoms with E-state index in [1.54, 1.807) is 12.7 Å². The molecular formula is C26H30N6. The second kappa shape index (κ2) is 8.52. The summed E-state index contributed by atoms with van der Waals surface area (Å²) < 4.78 is 1.96. The monoisotopic (exact) mass is 426 g/mol. The van der Waals surface area contributed by atoms with Gasteiger partial charge in [0.2, 0.25) is 0 Å². The first-order chi connectivity index (χ1) is 15.8. The number of likely N-dealkylation sites (tertiary alicyclic amines) is 2. The van der Waals surface area contributed by atoms with Crippen LogP contribution in [0.2, 0.25) is 0 Å². The van der Waals surface area contributed by atoms with Gasteiger partial charge in [0.15, 0.2) is 0 Å². The van der Waals surface area contributed by atoms with Crippen LogP contribution in [-0.2, 0) is 13.0 Å². The largest absolute Gasteiger partial charge is 0.361 e. The van der Waals surface area contributed by atoms with Crippen molar-refractivity contribution in [3.8, 4) is 5.69 Å². The van der Waals surface area contributed by atoms with Crippen LogP contribution in [-0.4, -0.2) is 62.3 Å². The zero-order chi connectivity index (χ0) is 21.3. The first-order valence-corrected chi connectivity index (χ1v) is 11.8. The van der Waals surface area contributed by atoms with Gasteiger partial charge in [-0.1, -0.05) is 30.3 Å². The van der Waals surface area contributed by atoms with Crippen molar-refractivity contribution in [2.24, 2.45) is 11.8 Å². The second-order valence-corrected chi connectivity index (χ2v) is 9.48. The zero-order valence-electron chi connectivity index (χ0n) is 18.4. The molecule has 0 spiro atoms. The summed E-state index contributed by atoms with van der Waals surface area (Å²) in [5.41, 5.74) is 5.15. The van der Waals surface area contributed by atoms with E-state index in [0.717, 1.165) is 30.5 Å². The summed E-state index contributed by atoms with van der Waals surface area (Å²) in [6.07, 6.45) is 7.99. The Morgan fingerprint density at radius 3 is 2.41 bits per heavy atom. The van der Waals surface area contributed by atoms with E-state index in [9.17, 15) is 0 Å². The molecule has 6 nitrogen and oxygen atoms in total. The highest BCUT2D eigenvalue weighted by Gasteiger charge is 2.39. The predicted octanol–water partition coefficient (Wildman–Crippen LogP) is 3.75.